The molecule has 0 radical (unpaired) electrons. The second-order valence-corrected chi connectivity index (χ2v) is 3.61. The van der Waals surface area contributed by atoms with Crippen LogP contribution in [-0.2, 0) is 11.3 Å². The van der Waals surface area contributed by atoms with E-state index in [0.29, 0.717) is 5.56 Å². The van der Waals surface area contributed by atoms with Crippen LogP contribution in [0.2, 0.25) is 0 Å². The highest BCUT2D eigenvalue weighted by Gasteiger charge is 2.12. The van der Waals surface area contributed by atoms with Crippen molar-refractivity contribution in [3.8, 4) is 0 Å². The lowest BCUT2D eigenvalue weighted by molar-refractivity contribution is -0.685. The molecule has 0 atom stereocenters. The van der Waals surface area contributed by atoms with Gasteiger partial charge in [-0.25, -0.2) is 0 Å². The monoisotopic (exact) mass is 207 g/mol. The molecule has 0 aromatic carbocycles. The summed E-state index contributed by atoms with van der Waals surface area (Å²) in [5.74, 6) is 0.00218. The van der Waals surface area contributed by atoms with E-state index in [1.54, 1.807) is 43.2 Å². The maximum absolute atomic E-state index is 11.4. The zero-order valence-corrected chi connectivity index (χ0v) is 9.23. The van der Waals surface area contributed by atoms with Gasteiger partial charge in [0.1, 0.15) is 0 Å². The molecule has 1 rings (SSSR count). The minimum absolute atomic E-state index is 0.000650. The van der Waals surface area contributed by atoms with Crippen LogP contribution in [0.4, 0.5) is 0 Å². The number of likely N-dealkylation sites (N-methyl/N-ethyl adjacent to an activating group) is 1. The van der Waals surface area contributed by atoms with Crippen LogP contribution >= 0.6 is 0 Å². The summed E-state index contributed by atoms with van der Waals surface area (Å²) in [6.07, 6.45) is 3.46. The fourth-order valence-electron chi connectivity index (χ4n) is 1.13. The van der Waals surface area contributed by atoms with Gasteiger partial charge in [-0.2, -0.15) is 4.57 Å². The minimum atomic E-state index is 0.000650. The molecule has 0 aliphatic rings. The number of hydrogen-bond acceptors (Lipinski definition) is 2. The van der Waals surface area contributed by atoms with E-state index in [1.807, 2.05) is 0 Å². The molecule has 4 nitrogen and oxygen atoms in total. The lowest BCUT2D eigenvalue weighted by Gasteiger charge is -2.06. The quantitative estimate of drug-likeness (QED) is 0.527. The molecule has 0 bridgehead atoms. The number of nitrogens with zero attached hydrogens (tertiary/aromatic N) is 2. The van der Waals surface area contributed by atoms with Gasteiger partial charge in [0, 0.05) is 20.2 Å². The van der Waals surface area contributed by atoms with Crippen molar-refractivity contribution in [3.63, 3.8) is 0 Å². The molecule has 4 heteroatoms. The normalized spacial score (nSPS) is 9.80. The molecule has 0 unspecified atom stereocenters. The molecule has 0 saturated carbocycles. The Balaban J connectivity index is 2.83. The lowest BCUT2D eigenvalue weighted by atomic mass is 10.2. The first-order chi connectivity index (χ1) is 7.00. The molecular weight excluding hydrogens is 192 g/mol. The number of ketones is 1. The van der Waals surface area contributed by atoms with Crippen LogP contribution in [0, 0.1) is 0 Å². The van der Waals surface area contributed by atoms with Crippen molar-refractivity contribution >= 4 is 11.7 Å². The fourth-order valence-corrected chi connectivity index (χ4v) is 1.13. The van der Waals surface area contributed by atoms with Crippen molar-refractivity contribution in [1.82, 2.24) is 4.90 Å². The summed E-state index contributed by atoms with van der Waals surface area (Å²) >= 11 is 0. The average Bonchev–Trinajstić information content (AvgIpc) is 2.18. The third-order valence-corrected chi connectivity index (χ3v) is 2.08. The van der Waals surface area contributed by atoms with Crippen LogP contribution in [0.1, 0.15) is 17.3 Å². The van der Waals surface area contributed by atoms with Crippen LogP contribution in [0.15, 0.2) is 24.5 Å². The Kier molecular flexibility index (Phi) is 3.55. The second-order valence-electron chi connectivity index (χ2n) is 3.61. The highest BCUT2D eigenvalue weighted by Crippen LogP contribution is 1.95. The molecule has 1 aromatic rings. The second kappa shape index (κ2) is 4.68. The molecule has 0 aliphatic carbocycles. The number of carbonyl (C=O) groups excluding carboxylic acids is 2. The summed E-state index contributed by atoms with van der Waals surface area (Å²) in [4.78, 5) is 24.0. The number of amides is 1. The summed E-state index contributed by atoms with van der Waals surface area (Å²) in [6.45, 7) is 1.77. The number of carbonyl (C=O) groups is 2. The average molecular weight is 207 g/mol. The van der Waals surface area contributed by atoms with Crippen LogP contribution in [-0.4, -0.2) is 30.7 Å². The van der Waals surface area contributed by atoms with Crippen LogP contribution < -0.4 is 4.57 Å². The Bertz CT molecular complexity index is 386. The number of aromatic nitrogens is 1. The molecule has 80 valence electrons. The number of pyridine rings is 1. The van der Waals surface area contributed by atoms with Gasteiger partial charge < -0.3 is 4.90 Å². The number of rotatable bonds is 3. The molecule has 1 amide bonds. The molecule has 0 aliphatic heterocycles. The third-order valence-electron chi connectivity index (χ3n) is 2.08. The summed E-state index contributed by atoms with van der Waals surface area (Å²) < 4.78 is 1.71. The molecule has 1 heterocycles. The predicted octanol–water partition coefficient (Wildman–Crippen LogP) is 0.265. The highest BCUT2D eigenvalue weighted by atomic mass is 16.2. The van der Waals surface area contributed by atoms with Crippen molar-refractivity contribution in [1.29, 1.82) is 0 Å². The van der Waals surface area contributed by atoms with Crippen molar-refractivity contribution in [2.24, 2.45) is 0 Å². The predicted molar refractivity (Wildman–Crippen MR) is 55.3 cm³/mol. The van der Waals surface area contributed by atoms with E-state index in [0.717, 1.165) is 0 Å². The maximum atomic E-state index is 11.4. The van der Waals surface area contributed by atoms with E-state index in [1.165, 1.54) is 11.8 Å². The molecule has 0 spiro atoms. The standard InChI is InChI=1S/C11H15N2O2/c1-9(14)10-5-4-6-13(7-10)8-11(15)12(2)3/h4-7H,8H2,1-3H3/q+1. The Hall–Kier alpha value is -1.71. The summed E-state index contributed by atoms with van der Waals surface area (Å²) in [6, 6.07) is 3.50. The van der Waals surface area contributed by atoms with Crippen molar-refractivity contribution in [3.05, 3.63) is 30.1 Å². The van der Waals surface area contributed by atoms with Gasteiger partial charge in [-0.1, -0.05) is 0 Å². The Morgan fingerprint density at radius 3 is 2.60 bits per heavy atom. The molecule has 0 saturated heterocycles. The van der Waals surface area contributed by atoms with Gasteiger partial charge in [0.25, 0.3) is 5.91 Å². The summed E-state index contributed by atoms with van der Waals surface area (Å²) in [5, 5.41) is 0. The molecule has 0 fully saturated rings. The van der Waals surface area contributed by atoms with Crippen LogP contribution in [0.5, 0.6) is 0 Å². The highest BCUT2D eigenvalue weighted by molar-refractivity contribution is 5.93. The first-order valence-corrected chi connectivity index (χ1v) is 4.71. The first-order valence-electron chi connectivity index (χ1n) is 4.71. The van der Waals surface area contributed by atoms with Gasteiger partial charge >= 0.3 is 0 Å². The largest absolute Gasteiger partial charge is 0.343 e. The molecule has 15 heavy (non-hydrogen) atoms. The molecular formula is C11H15N2O2+. The smallest absolute Gasteiger partial charge is 0.288 e. The summed E-state index contributed by atoms with van der Waals surface area (Å²) in [5.41, 5.74) is 0.615. The maximum Gasteiger partial charge on any atom is 0.288 e. The Labute approximate surface area is 89.1 Å². The van der Waals surface area contributed by atoms with E-state index in [9.17, 15) is 9.59 Å². The molecule has 0 N–H and O–H groups in total. The van der Waals surface area contributed by atoms with Gasteiger partial charge in [-0.15, -0.1) is 0 Å². The topological polar surface area (TPSA) is 41.3 Å². The van der Waals surface area contributed by atoms with E-state index >= 15 is 0 Å². The summed E-state index contributed by atoms with van der Waals surface area (Å²) in [7, 11) is 3.41. The third kappa shape index (κ3) is 3.16. The van der Waals surface area contributed by atoms with E-state index in [-0.39, 0.29) is 18.2 Å². The Morgan fingerprint density at radius 2 is 2.07 bits per heavy atom. The van der Waals surface area contributed by atoms with Gasteiger partial charge in [0.2, 0.25) is 6.54 Å². The van der Waals surface area contributed by atoms with Crippen molar-refractivity contribution in [2.75, 3.05) is 14.1 Å². The fraction of sp³-hybridized carbons (Fsp3) is 0.364. The Morgan fingerprint density at radius 1 is 1.40 bits per heavy atom. The first kappa shape index (κ1) is 11.4. The number of hydrogen-bond donors (Lipinski definition) is 0. The zero-order chi connectivity index (χ0) is 11.4. The molecule has 1 aromatic heterocycles. The van der Waals surface area contributed by atoms with Gasteiger partial charge in [0.15, 0.2) is 18.2 Å². The van der Waals surface area contributed by atoms with Gasteiger partial charge in [0.05, 0.1) is 5.56 Å². The van der Waals surface area contributed by atoms with E-state index < -0.39 is 0 Å². The lowest BCUT2D eigenvalue weighted by Crippen LogP contribution is -2.42. The van der Waals surface area contributed by atoms with E-state index in [2.05, 4.69) is 0 Å². The zero-order valence-electron chi connectivity index (χ0n) is 9.23. The minimum Gasteiger partial charge on any atom is -0.343 e. The van der Waals surface area contributed by atoms with Crippen molar-refractivity contribution < 1.29 is 14.2 Å². The van der Waals surface area contributed by atoms with E-state index in [4.69, 9.17) is 0 Å². The van der Waals surface area contributed by atoms with Crippen LogP contribution in [0.3, 0.4) is 0 Å². The van der Waals surface area contributed by atoms with Crippen LogP contribution in [0.25, 0.3) is 0 Å². The van der Waals surface area contributed by atoms with Gasteiger partial charge in [-0.3, -0.25) is 9.59 Å². The van der Waals surface area contributed by atoms with Gasteiger partial charge in [-0.05, 0) is 13.0 Å². The van der Waals surface area contributed by atoms with Crippen molar-refractivity contribution in [2.45, 2.75) is 13.5 Å². The number of Topliss-reactive ketones (excluding diaryl/α,β-unsaturated/α-hetero) is 1. The SMILES string of the molecule is CC(=O)c1ccc[n+](CC(=O)N(C)C)c1.